The third-order valence-electron chi connectivity index (χ3n) is 3.71. The zero-order chi connectivity index (χ0) is 15.5. The molecule has 0 bridgehead atoms. The van der Waals surface area contributed by atoms with Gasteiger partial charge < -0.3 is 4.90 Å². The Bertz CT molecular complexity index is 578. The van der Waals surface area contributed by atoms with E-state index in [1.165, 1.54) is 12.1 Å². The first-order chi connectivity index (χ1) is 9.96. The minimum atomic E-state index is -4.57. The first-order valence-corrected chi connectivity index (χ1v) is 9.69. The Labute approximate surface area is 128 Å². The zero-order valence-electron chi connectivity index (χ0n) is 11.8. The van der Waals surface area contributed by atoms with Crippen molar-refractivity contribution in [2.24, 2.45) is 0 Å². The van der Waals surface area contributed by atoms with Crippen molar-refractivity contribution in [3.63, 3.8) is 0 Å². The van der Waals surface area contributed by atoms with Crippen molar-refractivity contribution in [1.82, 2.24) is 0 Å². The van der Waals surface area contributed by atoms with Crippen molar-refractivity contribution >= 4 is 27.3 Å². The minimum absolute atomic E-state index is 0.262. The van der Waals surface area contributed by atoms with Crippen molar-refractivity contribution in [2.45, 2.75) is 35.2 Å². The highest BCUT2D eigenvalue weighted by molar-refractivity contribution is 7.99. The second kappa shape index (κ2) is 6.96. The van der Waals surface area contributed by atoms with E-state index in [4.69, 9.17) is 0 Å². The number of nitrogens with zero attached hydrogens (tertiary/aromatic N) is 1. The number of benzene rings is 1. The largest absolute Gasteiger partial charge is 0.369 e. The summed E-state index contributed by atoms with van der Waals surface area (Å²) in [4.78, 5) is 1.67. The molecular formula is C14H19F2NO2S2. The number of sulfone groups is 1. The van der Waals surface area contributed by atoms with Crippen LogP contribution in [0.3, 0.4) is 0 Å². The molecule has 1 fully saturated rings. The smallest absolute Gasteiger partial charge is 0.341 e. The molecule has 1 unspecified atom stereocenters. The molecule has 1 atom stereocenters. The Balaban J connectivity index is 2.40. The van der Waals surface area contributed by atoms with Crippen molar-refractivity contribution in [2.75, 3.05) is 24.2 Å². The lowest BCUT2D eigenvalue weighted by Gasteiger charge is -2.27. The van der Waals surface area contributed by atoms with Crippen molar-refractivity contribution in [3.8, 4) is 0 Å². The van der Waals surface area contributed by atoms with Crippen LogP contribution in [-0.2, 0) is 9.84 Å². The van der Waals surface area contributed by atoms with Crippen LogP contribution in [0.15, 0.2) is 29.2 Å². The fourth-order valence-electron chi connectivity index (χ4n) is 2.57. The number of hydrogen-bond donors (Lipinski definition) is 0. The standard InChI is InChI=1S/C14H19F2NO2S2/c1-20-11-6-4-5-9-17(10-11)12-7-2-3-8-13(12)21(18,19)14(15)16/h2-3,7-8,11,14H,4-6,9-10H2,1H3. The fourth-order valence-corrected chi connectivity index (χ4v) is 4.25. The van der Waals surface area contributed by atoms with E-state index in [9.17, 15) is 17.2 Å². The molecule has 0 amide bonds. The molecule has 7 heteroatoms. The molecule has 1 aliphatic rings. The number of halogens is 2. The van der Waals surface area contributed by atoms with Crippen LogP contribution in [-0.4, -0.2) is 38.8 Å². The first kappa shape index (κ1) is 16.5. The van der Waals surface area contributed by atoms with Gasteiger partial charge in [0.25, 0.3) is 0 Å². The highest BCUT2D eigenvalue weighted by Crippen LogP contribution is 2.32. The Morgan fingerprint density at radius 3 is 2.67 bits per heavy atom. The molecule has 1 aromatic carbocycles. The van der Waals surface area contributed by atoms with E-state index in [2.05, 4.69) is 0 Å². The average molecular weight is 335 g/mol. The quantitative estimate of drug-likeness (QED) is 0.845. The Hall–Kier alpha value is -0.820. The molecule has 1 aromatic rings. The van der Waals surface area contributed by atoms with Crippen LogP contribution in [0, 0.1) is 0 Å². The molecule has 1 aliphatic heterocycles. The Morgan fingerprint density at radius 1 is 1.29 bits per heavy atom. The first-order valence-electron chi connectivity index (χ1n) is 6.85. The van der Waals surface area contributed by atoms with Gasteiger partial charge in [-0.2, -0.15) is 20.5 Å². The zero-order valence-corrected chi connectivity index (χ0v) is 13.5. The van der Waals surface area contributed by atoms with Gasteiger partial charge in [0.1, 0.15) is 0 Å². The fraction of sp³-hybridized carbons (Fsp3) is 0.571. The van der Waals surface area contributed by atoms with Gasteiger partial charge in [-0.1, -0.05) is 18.6 Å². The van der Waals surface area contributed by atoms with E-state index < -0.39 is 15.6 Å². The van der Waals surface area contributed by atoms with Gasteiger partial charge in [-0.25, -0.2) is 8.42 Å². The third kappa shape index (κ3) is 3.69. The van der Waals surface area contributed by atoms with Crippen LogP contribution in [0.1, 0.15) is 19.3 Å². The molecule has 0 aromatic heterocycles. The van der Waals surface area contributed by atoms with Gasteiger partial charge in [0.05, 0.1) is 10.6 Å². The number of hydrogen-bond acceptors (Lipinski definition) is 4. The number of para-hydroxylation sites is 1. The molecule has 3 nitrogen and oxygen atoms in total. The average Bonchev–Trinajstić information content (AvgIpc) is 2.72. The summed E-state index contributed by atoms with van der Waals surface area (Å²) in [7, 11) is -4.57. The second-order valence-corrected chi connectivity index (χ2v) is 8.10. The lowest BCUT2D eigenvalue weighted by Crippen LogP contribution is -2.31. The molecule has 0 N–H and O–H groups in total. The summed E-state index contributed by atoms with van der Waals surface area (Å²) in [6.07, 6.45) is 5.11. The monoisotopic (exact) mass is 335 g/mol. The molecule has 118 valence electrons. The number of anilines is 1. The van der Waals surface area contributed by atoms with Crippen LogP contribution in [0.25, 0.3) is 0 Å². The van der Waals surface area contributed by atoms with E-state index in [0.29, 0.717) is 24.0 Å². The van der Waals surface area contributed by atoms with E-state index in [1.54, 1.807) is 23.9 Å². The van der Waals surface area contributed by atoms with Gasteiger partial charge >= 0.3 is 5.76 Å². The molecule has 1 heterocycles. The molecule has 21 heavy (non-hydrogen) atoms. The summed E-state index contributed by atoms with van der Waals surface area (Å²) in [5, 5.41) is 0.398. The number of thioether (sulfide) groups is 1. The molecule has 1 saturated heterocycles. The van der Waals surface area contributed by atoms with Gasteiger partial charge in [-0.15, -0.1) is 0 Å². The molecule has 0 aliphatic carbocycles. The maximum atomic E-state index is 12.9. The van der Waals surface area contributed by atoms with E-state index in [1.807, 2.05) is 11.2 Å². The van der Waals surface area contributed by atoms with Crippen LogP contribution in [0.5, 0.6) is 0 Å². The van der Waals surface area contributed by atoms with E-state index in [-0.39, 0.29) is 4.90 Å². The second-order valence-electron chi connectivity index (χ2n) is 5.07. The van der Waals surface area contributed by atoms with E-state index >= 15 is 0 Å². The maximum absolute atomic E-state index is 12.9. The molecule has 0 saturated carbocycles. The lowest BCUT2D eigenvalue weighted by atomic mass is 10.2. The summed E-state index contributed by atoms with van der Waals surface area (Å²) in [6.45, 7) is 1.39. The van der Waals surface area contributed by atoms with Crippen LogP contribution in [0.2, 0.25) is 0 Å². The molecular weight excluding hydrogens is 316 g/mol. The normalized spacial score (nSPS) is 20.6. The maximum Gasteiger partial charge on any atom is 0.341 e. The minimum Gasteiger partial charge on any atom is -0.369 e. The highest BCUT2D eigenvalue weighted by atomic mass is 32.2. The SMILES string of the molecule is CSC1CCCCN(c2ccccc2S(=O)(=O)C(F)F)C1. The van der Waals surface area contributed by atoms with Gasteiger partial charge in [0.15, 0.2) is 0 Å². The predicted octanol–water partition coefficient (Wildman–Crippen LogP) is 3.40. The van der Waals surface area contributed by atoms with Gasteiger partial charge in [-0.3, -0.25) is 0 Å². The summed E-state index contributed by atoms with van der Waals surface area (Å²) < 4.78 is 49.4. The molecule has 2 rings (SSSR count). The lowest BCUT2D eigenvalue weighted by molar-refractivity contribution is 0.235. The summed E-state index contributed by atoms with van der Waals surface area (Å²) in [6, 6.07) is 6.08. The van der Waals surface area contributed by atoms with E-state index in [0.717, 1.165) is 19.3 Å². The van der Waals surface area contributed by atoms with Gasteiger partial charge in [0.2, 0.25) is 9.84 Å². The number of alkyl halides is 2. The number of rotatable bonds is 4. The highest BCUT2D eigenvalue weighted by Gasteiger charge is 2.31. The summed E-state index contributed by atoms with van der Waals surface area (Å²) in [5.41, 5.74) is 0.402. The van der Waals surface area contributed by atoms with Gasteiger partial charge in [0, 0.05) is 18.3 Å². The van der Waals surface area contributed by atoms with Crippen LogP contribution in [0.4, 0.5) is 14.5 Å². The summed E-state index contributed by atoms with van der Waals surface area (Å²) in [5.74, 6) is -3.39. The van der Waals surface area contributed by atoms with Crippen molar-refractivity contribution in [1.29, 1.82) is 0 Å². The van der Waals surface area contributed by atoms with Crippen LogP contribution >= 0.6 is 11.8 Å². The molecule has 0 spiro atoms. The summed E-state index contributed by atoms with van der Waals surface area (Å²) >= 11 is 1.74. The topological polar surface area (TPSA) is 37.4 Å². The Morgan fingerprint density at radius 2 is 2.00 bits per heavy atom. The van der Waals surface area contributed by atoms with Crippen molar-refractivity contribution in [3.05, 3.63) is 24.3 Å². The van der Waals surface area contributed by atoms with Gasteiger partial charge in [-0.05, 0) is 31.2 Å². The Kier molecular flexibility index (Phi) is 5.48. The third-order valence-corrected chi connectivity index (χ3v) is 6.19. The van der Waals surface area contributed by atoms with Crippen molar-refractivity contribution < 1.29 is 17.2 Å². The van der Waals surface area contributed by atoms with Crippen LogP contribution < -0.4 is 4.90 Å². The predicted molar refractivity (Wildman–Crippen MR) is 83.0 cm³/mol. The molecule has 0 radical (unpaired) electrons.